The van der Waals surface area contributed by atoms with Gasteiger partial charge in [0.15, 0.2) is 0 Å². The number of likely N-dealkylation sites (tertiary alicyclic amines) is 1. The van der Waals surface area contributed by atoms with E-state index in [1.807, 2.05) is 0 Å². The van der Waals surface area contributed by atoms with Crippen molar-refractivity contribution in [3.63, 3.8) is 0 Å². The molecule has 1 aliphatic rings. The Morgan fingerprint density at radius 1 is 0.906 bits per heavy atom. The molecule has 1 amide bonds. The Morgan fingerprint density at radius 3 is 2.03 bits per heavy atom. The maximum absolute atomic E-state index is 13.4. The van der Waals surface area contributed by atoms with Crippen molar-refractivity contribution in [3.05, 3.63) is 54.3 Å². The molecule has 174 valence electrons. The molecule has 0 unspecified atom stereocenters. The molecule has 4 nitrogen and oxygen atoms in total. The molecule has 32 heavy (non-hydrogen) atoms. The Hall–Kier alpha value is -2.98. The van der Waals surface area contributed by atoms with Crippen molar-refractivity contribution in [1.29, 1.82) is 0 Å². The standard InChI is InChI=1S/C21H18F7NO3/c22-15-5-1-3-13(11-15)14-4-2-6-17(12-14)31-16-7-9-29(10-8-16)19(30)32-18(20(23,24)25)21(26,27)28/h1-6,11-12,16,18H,7-10H2. The van der Waals surface area contributed by atoms with E-state index in [2.05, 4.69) is 4.74 Å². The second kappa shape index (κ2) is 9.25. The summed E-state index contributed by atoms with van der Waals surface area (Å²) in [6, 6.07) is 12.8. The van der Waals surface area contributed by atoms with E-state index < -0.39 is 36.5 Å². The average Bonchev–Trinajstić information content (AvgIpc) is 2.71. The first-order chi connectivity index (χ1) is 14.9. The van der Waals surface area contributed by atoms with Gasteiger partial charge in [0.05, 0.1) is 0 Å². The first-order valence-electron chi connectivity index (χ1n) is 9.55. The SMILES string of the molecule is O=C(OC(C(F)(F)F)C(F)(F)F)N1CCC(Oc2cccc(-c3cccc(F)c3)c2)CC1. The van der Waals surface area contributed by atoms with Crippen molar-refractivity contribution in [2.45, 2.75) is 37.4 Å². The summed E-state index contributed by atoms with van der Waals surface area (Å²) < 4.78 is 98.4. The number of carbonyl (C=O) groups is 1. The van der Waals surface area contributed by atoms with E-state index in [-0.39, 0.29) is 25.9 Å². The zero-order valence-electron chi connectivity index (χ0n) is 16.4. The predicted octanol–water partition coefficient (Wildman–Crippen LogP) is 5.97. The van der Waals surface area contributed by atoms with Gasteiger partial charge in [0.1, 0.15) is 17.7 Å². The van der Waals surface area contributed by atoms with Crippen LogP contribution in [0.25, 0.3) is 11.1 Å². The van der Waals surface area contributed by atoms with E-state index >= 15 is 0 Å². The van der Waals surface area contributed by atoms with Crippen LogP contribution in [0, 0.1) is 5.82 Å². The molecule has 1 aliphatic heterocycles. The maximum atomic E-state index is 13.4. The molecule has 1 heterocycles. The van der Waals surface area contributed by atoms with Crippen molar-refractivity contribution in [2.24, 2.45) is 0 Å². The Balaban J connectivity index is 1.57. The lowest BCUT2D eigenvalue weighted by Gasteiger charge is -2.33. The fourth-order valence-electron chi connectivity index (χ4n) is 3.26. The summed E-state index contributed by atoms with van der Waals surface area (Å²) in [7, 11) is 0. The van der Waals surface area contributed by atoms with Gasteiger partial charge in [0.2, 0.25) is 0 Å². The van der Waals surface area contributed by atoms with E-state index in [0.29, 0.717) is 16.9 Å². The van der Waals surface area contributed by atoms with Crippen LogP contribution in [0.3, 0.4) is 0 Å². The molecule has 0 spiro atoms. The number of hydrogen-bond donors (Lipinski definition) is 0. The number of hydrogen-bond acceptors (Lipinski definition) is 3. The molecule has 0 atom stereocenters. The number of benzene rings is 2. The van der Waals surface area contributed by atoms with E-state index in [4.69, 9.17) is 4.74 Å². The minimum Gasteiger partial charge on any atom is -0.490 e. The van der Waals surface area contributed by atoms with Gasteiger partial charge in [0.25, 0.3) is 6.10 Å². The zero-order valence-corrected chi connectivity index (χ0v) is 16.4. The highest BCUT2D eigenvalue weighted by molar-refractivity contribution is 5.68. The molecule has 3 rings (SSSR count). The van der Waals surface area contributed by atoms with Gasteiger partial charge in [-0.1, -0.05) is 24.3 Å². The lowest BCUT2D eigenvalue weighted by Crippen LogP contribution is -2.50. The second-order valence-electron chi connectivity index (χ2n) is 7.19. The molecule has 0 aliphatic carbocycles. The van der Waals surface area contributed by atoms with Crippen LogP contribution >= 0.6 is 0 Å². The number of amides is 1. The number of piperidine rings is 1. The lowest BCUT2D eigenvalue weighted by atomic mass is 10.0. The molecule has 1 fully saturated rings. The first kappa shape index (κ1) is 23.7. The van der Waals surface area contributed by atoms with Crippen molar-refractivity contribution in [3.8, 4) is 16.9 Å². The van der Waals surface area contributed by atoms with Crippen LogP contribution in [-0.4, -0.2) is 48.6 Å². The lowest BCUT2D eigenvalue weighted by molar-refractivity contribution is -0.308. The molecule has 0 radical (unpaired) electrons. The fraction of sp³-hybridized carbons (Fsp3) is 0.381. The van der Waals surface area contributed by atoms with Crippen molar-refractivity contribution >= 4 is 6.09 Å². The molecule has 0 N–H and O–H groups in total. The maximum Gasteiger partial charge on any atom is 0.434 e. The van der Waals surface area contributed by atoms with Crippen molar-refractivity contribution < 1.29 is 45.0 Å². The largest absolute Gasteiger partial charge is 0.490 e. The smallest absolute Gasteiger partial charge is 0.434 e. The molecule has 2 aromatic carbocycles. The first-order valence-corrected chi connectivity index (χ1v) is 9.55. The highest BCUT2D eigenvalue weighted by Crippen LogP contribution is 2.36. The average molecular weight is 465 g/mol. The van der Waals surface area contributed by atoms with Gasteiger partial charge >= 0.3 is 18.4 Å². The third-order valence-corrected chi connectivity index (χ3v) is 4.81. The van der Waals surface area contributed by atoms with Gasteiger partial charge < -0.3 is 14.4 Å². The Labute approximate surface area is 178 Å². The molecule has 0 bridgehead atoms. The Kier molecular flexibility index (Phi) is 6.85. The summed E-state index contributed by atoms with van der Waals surface area (Å²) in [5.74, 6) is 0.0633. The molecule has 1 saturated heterocycles. The predicted molar refractivity (Wildman–Crippen MR) is 99.4 cm³/mol. The second-order valence-corrected chi connectivity index (χ2v) is 7.19. The molecular formula is C21H18F7NO3. The molecule has 11 heteroatoms. The van der Waals surface area contributed by atoms with Gasteiger partial charge in [-0.25, -0.2) is 9.18 Å². The van der Waals surface area contributed by atoms with E-state index in [1.54, 1.807) is 36.4 Å². The summed E-state index contributed by atoms with van der Waals surface area (Å²) in [6.07, 6.45) is -17.4. The Bertz CT molecular complexity index is 923. The summed E-state index contributed by atoms with van der Waals surface area (Å²) in [5.41, 5.74) is 1.34. The number of halogens is 7. The number of carbonyl (C=O) groups excluding carboxylic acids is 1. The highest BCUT2D eigenvalue weighted by Gasteiger charge is 2.60. The van der Waals surface area contributed by atoms with Gasteiger partial charge in [-0.2, -0.15) is 26.3 Å². The normalized spacial score (nSPS) is 15.7. The van der Waals surface area contributed by atoms with Crippen molar-refractivity contribution in [2.75, 3.05) is 13.1 Å². The van der Waals surface area contributed by atoms with Crippen LogP contribution < -0.4 is 4.74 Å². The van der Waals surface area contributed by atoms with Gasteiger partial charge in [-0.15, -0.1) is 0 Å². The summed E-state index contributed by atoms with van der Waals surface area (Å²) in [5, 5.41) is 0. The minimum absolute atomic E-state index is 0.129. The third-order valence-electron chi connectivity index (χ3n) is 4.81. The monoisotopic (exact) mass is 465 g/mol. The van der Waals surface area contributed by atoms with Crippen LogP contribution in [0.1, 0.15) is 12.8 Å². The summed E-state index contributed by atoms with van der Waals surface area (Å²) in [6.45, 7) is -0.259. The van der Waals surface area contributed by atoms with Gasteiger partial charge in [-0.3, -0.25) is 0 Å². The molecule has 2 aromatic rings. The quantitative estimate of drug-likeness (QED) is 0.523. The van der Waals surface area contributed by atoms with E-state index in [1.165, 1.54) is 12.1 Å². The Morgan fingerprint density at radius 2 is 1.47 bits per heavy atom. The summed E-state index contributed by atoms with van der Waals surface area (Å²) >= 11 is 0. The van der Waals surface area contributed by atoms with Gasteiger partial charge in [-0.05, 0) is 35.4 Å². The number of nitrogens with zero attached hydrogens (tertiary/aromatic N) is 1. The summed E-state index contributed by atoms with van der Waals surface area (Å²) in [4.78, 5) is 12.6. The van der Waals surface area contributed by atoms with Crippen molar-refractivity contribution in [1.82, 2.24) is 4.90 Å². The van der Waals surface area contributed by atoms with Crippen LogP contribution in [0.2, 0.25) is 0 Å². The van der Waals surface area contributed by atoms with Crippen LogP contribution in [0.4, 0.5) is 35.5 Å². The van der Waals surface area contributed by atoms with Gasteiger partial charge in [0, 0.05) is 25.9 Å². The molecular weight excluding hydrogens is 447 g/mol. The molecule has 0 aromatic heterocycles. The number of alkyl halides is 6. The van der Waals surface area contributed by atoms with Crippen LogP contribution in [0.15, 0.2) is 48.5 Å². The minimum atomic E-state index is -5.76. The fourth-order valence-corrected chi connectivity index (χ4v) is 3.26. The number of rotatable bonds is 4. The third kappa shape index (κ3) is 6.04. The molecule has 0 saturated carbocycles. The highest BCUT2D eigenvalue weighted by atomic mass is 19.4. The van der Waals surface area contributed by atoms with Crippen LogP contribution in [-0.2, 0) is 4.74 Å². The topological polar surface area (TPSA) is 38.8 Å². The zero-order chi connectivity index (χ0) is 23.5. The van der Waals surface area contributed by atoms with Crippen LogP contribution in [0.5, 0.6) is 5.75 Å². The van der Waals surface area contributed by atoms with E-state index in [0.717, 1.165) is 4.90 Å². The number of ether oxygens (including phenoxy) is 2. The van der Waals surface area contributed by atoms with E-state index in [9.17, 15) is 35.5 Å².